The molecule has 1 aromatic carbocycles. The maximum Gasteiger partial charge on any atom is 0.325 e. The number of thiazole rings is 1. The second-order valence-corrected chi connectivity index (χ2v) is 7.87. The average Bonchev–Trinajstić information content (AvgIpc) is 3.15. The van der Waals surface area contributed by atoms with E-state index in [2.05, 4.69) is 10.3 Å². The van der Waals surface area contributed by atoms with Crippen LogP contribution in [0.3, 0.4) is 0 Å². The summed E-state index contributed by atoms with van der Waals surface area (Å²) in [6, 6.07) is 6.82. The highest BCUT2D eigenvalue weighted by Crippen LogP contribution is 2.25. The van der Waals surface area contributed by atoms with Crippen LogP contribution >= 0.6 is 22.9 Å². The Labute approximate surface area is 165 Å². The molecular formula is C18H18ClN3O4S. The van der Waals surface area contributed by atoms with Gasteiger partial charge in [0.15, 0.2) is 0 Å². The number of nitrogens with one attached hydrogen (secondary N) is 1. The quantitative estimate of drug-likeness (QED) is 0.586. The summed E-state index contributed by atoms with van der Waals surface area (Å²) in [6.07, 6.45) is -0.0661. The number of carbonyl (C=O) groups is 3. The Kier molecular flexibility index (Phi) is 5.48. The molecule has 1 saturated heterocycles. The van der Waals surface area contributed by atoms with E-state index in [9.17, 15) is 14.4 Å². The smallest absolute Gasteiger partial charge is 0.325 e. The van der Waals surface area contributed by atoms with Crippen molar-refractivity contribution in [3.8, 4) is 10.6 Å². The van der Waals surface area contributed by atoms with Gasteiger partial charge in [-0.3, -0.25) is 14.5 Å². The van der Waals surface area contributed by atoms with Gasteiger partial charge in [0.2, 0.25) is 0 Å². The number of aromatic nitrogens is 1. The zero-order valence-corrected chi connectivity index (χ0v) is 16.4. The van der Waals surface area contributed by atoms with Crippen molar-refractivity contribution in [3.63, 3.8) is 0 Å². The molecule has 27 heavy (non-hydrogen) atoms. The van der Waals surface area contributed by atoms with Gasteiger partial charge in [-0.2, -0.15) is 0 Å². The predicted octanol–water partition coefficient (Wildman–Crippen LogP) is 3.23. The van der Waals surface area contributed by atoms with E-state index in [0.717, 1.165) is 15.5 Å². The monoisotopic (exact) mass is 407 g/mol. The van der Waals surface area contributed by atoms with E-state index in [0.29, 0.717) is 10.7 Å². The summed E-state index contributed by atoms with van der Waals surface area (Å²) >= 11 is 7.32. The van der Waals surface area contributed by atoms with Crippen molar-refractivity contribution < 1.29 is 19.1 Å². The lowest BCUT2D eigenvalue weighted by molar-refractivity contribution is -0.145. The first kappa shape index (κ1) is 19.3. The maximum atomic E-state index is 12.1. The highest BCUT2D eigenvalue weighted by atomic mass is 35.5. The van der Waals surface area contributed by atoms with Crippen LogP contribution in [0.25, 0.3) is 10.6 Å². The Morgan fingerprint density at radius 3 is 2.63 bits per heavy atom. The molecule has 9 heteroatoms. The number of amides is 3. The third-order valence-electron chi connectivity index (χ3n) is 4.01. The Hall–Kier alpha value is -2.45. The minimum absolute atomic E-state index is 0.0139. The highest BCUT2D eigenvalue weighted by molar-refractivity contribution is 7.13. The number of imide groups is 1. The van der Waals surface area contributed by atoms with Gasteiger partial charge in [0, 0.05) is 22.5 Å². The molecule has 1 N–H and O–H groups in total. The van der Waals surface area contributed by atoms with E-state index in [1.807, 2.05) is 17.5 Å². The van der Waals surface area contributed by atoms with E-state index in [1.165, 1.54) is 11.3 Å². The molecular weight excluding hydrogens is 390 g/mol. The van der Waals surface area contributed by atoms with E-state index >= 15 is 0 Å². The second kappa shape index (κ2) is 7.66. The summed E-state index contributed by atoms with van der Waals surface area (Å²) in [5.41, 5.74) is 0.622. The number of urea groups is 1. The van der Waals surface area contributed by atoms with Crippen molar-refractivity contribution >= 4 is 40.8 Å². The zero-order chi connectivity index (χ0) is 19.6. The van der Waals surface area contributed by atoms with Crippen molar-refractivity contribution in [2.24, 2.45) is 0 Å². The Morgan fingerprint density at radius 1 is 1.30 bits per heavy atom. The lowest BCUT2D eigenvalue weighted by Crippen LogP contribution is -2.40. The lowest BCUT2D eigenvalue weighted by Gasteiger charge is -2.15. The summed E-state index contributed by atoms with van der Waals surface area (Å²) in [4.78, 5) is 41.2. The van der Waals surface area contributed by atoms with Crippen LogP contribution in [0.4, 0.5) is 4.79 Å². The van der Waals surface area contributed by atoms with Crippen molar-refractivity contribution in [2.45, 2.75) is 32.4 Å². The summed E-state index contributed by atoms with van der Waals surface area (Å²) < 4.78 is 5.19. The zero-order valence-electron chi connectivity index (χ0n) is 14.8. The van der Waals surface area contributed by atoms with Crippen LogP contribution < -0.4 is 5.32 Å². The van der Waals surface area contributed by atoms with Crippen LogP contribution in [0.15, 0.2) is 29.6 Å². The summed E-state index contributed by atoms with van der Waals surface area (Å²) in [6.45, 7) is 3.26. The van der Waals surface area contributed by atoms with Gasteiger partial charge in [-0.05, 0) is 26.0 Å². The Bertz CT molecular complexity index is 879. The molecule has 2 aromatic rings. The molecule has 0 radical (unpaired) electrons. The molecule has 0 atom stereocenters. The van der Waals surface area contributed by atoms with Crippen LogP contribution in [-0.4, -0.2) is 39.9 Å². The highest BCUT2D eigenvalue weighted by Gasteiger charge is 2.44. The molecule has 7 nitrogen and oxygen atoms in total. The van der Waals surface area contributed by atoms with Gasteiger partial charge in [-0.25, -0.2) is 9.78 Å². The van der Waals surface area contributed by atoms with E-state index in [4.69, 9.17) is 16.3 Å². The first-order chi connectivity index (χ1) is 12.8. The van der Waals surface area contributed by atoms with Crippen molar-refractivity contribution in [1.29, 1.82) is 0 Å². The number of ether oxygens (including phenoxy) is 1. The minimum atomic E-state index is -0.945. The minimum Gasteiger partial charge on any atom is -0.459 e. The van der Waals surface area contributed by atoms with Gasteiger partial charge >= 0.3 is 12.0 Å². The largest absolute Gasteiger partial charge is 0.459 e. The molecule has 2 heterocycles. The topological polar surface area (TPSA) is 88.6 Å². The first-order valence-corrected chi connectivity index (χ1v) is 9.52. The van der Waals surface area contributed by atoms with Crippen LogP contribution in [0.2, 0.25) is 5.02 Å². The molecule has 0 aliphatic carbocycles. The maximum absolute atomic E-state index is 12.1. The molecule has 0 saturated carbocycles. The van der Waals surface area contributed by atoms with Gasteiger partial charge in [-0.15, -0.1) is 11.3 Å². The fourth-order valence-corrected chi connectivity index (χ4v) is 3.49. The van der Waals surface area contributed by atoms with Gasteiger partial charge in [0.25, 0.3) is 5.91 Å². The average molecular weight is 408 g/mol. The number of benzene rings is 1. The van der Waals surface area contributed by atoms with Crippen LogP contribution in [-0.2, 0) is 20.9 Å². The molecule has 1 aliphatic rings. The van der Waals surface area contributed by atoms with Gasteiger partial charge in [0.05, 0.1) is 12.1 Å². The van der Waals surface area contributed by atoms with Crippen LogP contribution in [0.1, 0.15) is 26.0 Å². The van der Waals surface area contributed by atoms with Crippen LogP contribution in [0, 0.1) is 0 Å². The number of halogens is 1. The third kappa shape index (κ3) is 4.45. The SMILES string of the molecule is CC1(C)NC(=O)N(CCC(=O)OCc2csc(-c3ccc(Cl)cc3)n2)C1=O. The van der Waals surface area contributed by atoms with Crippen molar-refractivity contribution in [1.82, 2.24) is 15.2 Å². The number of rotatable bonds is 6. The fraction of sp³-hybridized carbons (Fsp3) is 0.333. The number of hydrogen-bond acceptors (Lipinski definition) is 6. The normalized spacial score (nSPS) is 15.7. The summed E-state index contributed by atoms with van der Waals surface area (Å²) in [5, 5.41) is 5.84. The molecule has 1 aliphatic heterocycles. The Balaban J connectivity index is 1.49. The number of carbonyl (C=O) groups excluding carboxylic acids is 3. The molecule has 0 bridgehead atoms. The predicted molar refractivity (Wildman–Crippen MR) is 101 cm³/mol. The standard InChI is InChI=1S/C18H18ClN3O4S/c1-18(2)16(24)22(17(25)21-18)8-7-14(23)26-9-13-10-27-15(20-13)11-3-5-12(19)6-4-11/h3-6,10H,7-9H2,1-2H3,(H,21,25). The van der Waals surface area contributed by atoms with Crippen LogP contribution in [0.5, 0.6) is 0 Å². The second-order valence-electron chi connectivity index (χ2n) is 6.57. The number of nitrogens with zero attached hydrogens (tertiary/aromatic N) is 2. The lowest BCUT2D eigenvalue weighted by atomic mass is 10.1. The van der Waals surface area contributed by atoms with Gasteiger partial charge in [0.1, 0.15) is 17.2 Å². The summed E-state index contributed by atoms with van der Waals surface area (Å²) in [5.74, 6) is -0.853. The van der Waals surface area contributed by atoms with Crippen molar-refractivity contribution in [3.05, 3.63) is 40.4 Å². The first-order valence-electron chi connectivity index (χ1n) is 8.26. The number of esters is 1. The van der Waals surface area contributed by atoms with E-state index < -0.39 is 17.5 Å². The third-order valence-corrected chi connectivity index (χ3v) is 5.20. The molecule has 0 unspecified atom stereocenters. The van der Waals surface area contributed by atoms with Gasteiger partial charge < -0.3 is 10.1 Å². The molecule has 1 fully saturated rings. The molecule has 3 rings (SSSR count). The van der Waals surface area contributed by atoms with E-state index in [-0.39, 0.29) is 25.5 Å². The molecule has 142 valence electrons. The fourth-order valence-electron chi connectivity index (χ4n) is 2.55. The van der Waals surface area contributed by atoms with Crippen molar-refractivity contribution in [2.75, 3.05) is 6.54 Å². The van der Waals surface area contributed by atoms with Gasteiger partial charge in [-0.1, -0.05) is 23.7 Å². The van der Waals surface area contributed by atoms with E-state index in [1.54, 1.807) is 26.0 Å². The molecule has 1 aromatic heterocycles. The number of hydrogen-bond donors (Lipinski definition) is 1. The molecule has 3 amide bonds. The summed E-state index contributed by atoms with van der Waals surface area (Å²) in [7, 11) is 0. The Morgan fingerprint density at radius 2 is 2.00 bits per heavy atom. The molecule has 0 spiro atoms.